The number of hydrogen-bond donors (Lipinski definition) is 2. The lowest BCUT2D eigenvalue weighted by atomic mass is 10.2. The standard InChI is InChI=1S/C26H25BrClN3O4/c1-2-34-23-14-19(13-22(27)26(23)35-17-18-7-4-3-5-8-18)16-29-31-25(33)12-11-24(32)30-21-10-6-9-20(28)15-21/h3-10,13-16H,2,11-12,17H2,1H3,(H,30,32)(H,31,33). The Morgan fingerprint density at radius 3 is 2.51 bits per heavy atom. The molecule has 0 unspecified atom stereocenters. The molecule has 0 aliphatic heterocycles. The summed E-state index contributed by atoms with van der Waals surface area (Å²) in [6.45, 7) is 2.75. The van der Waals surface area contributed by atoms with Crippen LogP contribution in [0, 0.1) is 0 Å². The quantitative estimate of drug-likeness (QED) is 0.225. The van der Waals surface area contributed by atoms with Crippen molar-refractivity contribution in [2.24, 2.45) is 5.10 Å². The molecule has 0 spiro atoms. The average molecular weight is 559 g/mol. The zero-order valence-electron chi connectivity index (χ0n) is 19.1. The number of anilines is 1. The molecule has 35 heavy (non-hydrogen) atoms. The highest BCUT2D eigenvalue weighted by Crippen LogP contribution is 2.37. The van der Waals surface area contributed by atoms with Gasteiger partial charge in [0, 0.05) is 23.6 Å². The Kier molecular flexibility index (Phi) is 10.1. The largest absolute Gasteiger partial charge is 0.490 e. The Labute approximate surface area is 217 Å². The number of carbonyl (C=O) groups is 2. The fourth-order valence-corrected chi connectivity index (χ4v) is 3.81. The van der Waals surface area contributed by atoms with Crippen LogP contribution in [0.3, 0.4) is 0 Å². The van der Waals surface area contributed by atoms with Crippen LogP contribution in [0.1, 0.15) is 30.9 Å². The Balaban J connectivity index is 1.53. The van der Waals surface area contributed by atoms with Gasteiger partial charge in [0.15, 0.2) is 11.5 Å². The van der Waals surface area contributed by atoms with E-state index >= 15 is 0 Å². The normalized spacial score (nSPS) is 10.7. The first-order valence-electron chi connectivity index (χ1n) is 10.9. The lowest BCUT2D eigenvalue weighted by Gasteiger charge is -2.14. The van der Waals surface area contributed by atoms with Crippen LogP contribution in [-0.2, 0) is 16.2 Å². The van der Waals surface area contributed by atoms with Gasteiger partial charge in [-0.1, -0.05) is 48.0 Å². The fraction of sp³-hybridized carbons (Fsp3) is 0.192. The number of benzene rings is 3. The van der Waals surface area contributed by atoms with Crippen molar-refractivity contribution in [3.05, 3.63) is 87.4 Å². The summed E-state index contributed by atoms with van der Waals surface area (Å²) in [7, 11) is 0. The van der Waals surface area contributed by atoms with Crippen molar-refractivity contribution >= 4 is 51.2 Å². The van der Waals surface area contributed by atoms with Gasteiger partial charge in [-0.25, -0.2) is 5.43 Å². The van der Waals surface area contributed by atoms with Crippen LogP contribution in [0.15, 0.2) is 76.3 Å². The van der Waals surface area contributed by atoms with Gasteiger partial charge in [-0.2, -0.15) is 5.10 Å². The molecule has 0 atom stereocenters. The molecule has 3 aromatic rings. The zero-order valence-corrected chi connectivity index (χ0v) is 21.4. The second-order valence-corrected chi connectivity index (χ2v) is 8.68. The van der Waals surface area contributed by atoms with Gasteiger partial charge in [0.25, 0.3) is 0 Å². The molecule has 182 valence electrons. The third-order valence-corrected chi connectivity index (χ3v) is 5.47. The molecule has 0 aliphatic rings. The topological polar surface area (TPSA) is 89.0 Å². The predicted molar refractivity (Wildman–Crippen MR) is 141 cm³/mol. The van der Waals surface area contributed by atoms with E-state index in [1.807, 2.05) is 43.3 Å². The van der Waals surface area contributed by atoms with Gasteiger partial charge in [0.05, 0.1) is 17.3 Å². The molecule has 0 bridgehead atoms. The number of ether oxygens (including phenoxy) is 2. The van der Waals surface area contributed by atoms with Crippen molar-refractivity contribution in [2.45, 2.75) is 26.4 Å². The number of rotatable bonds is 11. The van der Waals surface area contributed by atoms with Gasteiger partial charge in [-0.05, 0) is 64.3 Å². The summed E-state index contributed by atoms with van der Waals surface area (Å²) in [6.07, 6.45) is 1.50. The van der Waals surface area contributed by atoms with Crippen LogP contribution in [0.4, 0.5) is 5.69 Å². The van der Waals surface area contributed by atoms with Crippen LogP contribution in [0.2, 0.25) is 5.02 Å². The summed E-state index contributed by atoms with van der Waals surface area (Å²) in [4.78, 5) is 24.1. The summed E-state index contributed by atoms with van der Waals surface area (Å²) in [5, 5.41) is 7.21. The summed E-state index contributed by atoms with van der Waals surface area (Å²) in [6, 6.07) is 20.2. The number of hydrogen-bond acceptors (Lipinski definition) is 5. The van der Waals surface area contributed by atoms with Crippen molar-refractivity contribution < 1.29 is 19.1 Å². The molecule has 3 aromatic carbocycles. The molecule has 0 fully saturated rings. The summed E-state index contributed by atoms with van der Waals surface area (Å²) < 4.78 is 12.4. The van der Waals surface area contributed by atoms with Crippen molar-refractivity contribution in [2.75, 3.05) is 11.9 Å². The van der Waals surface area contributed by atoms with E-state index in [0.717, 1.165) is 5.56 Å². The number of amides is 2. The van der Waals surface area contributed by atoms with E-state index in [1.54, 1.807) is 30.3 Å². The molecule has 0 radical (unpaired) electrons. The minimum absolute atomic E-state index is 0.0100. The maximum absolute atomic E-state index is 12.1. The number of carbonyl (C=O) groups excluding carboxylic acids is 2. The monoisotopic (exact) mass is 557 g/mol. The van der Waals surface area contributed by atoms with E-state index in [2.05, 4.69) is 31.8 Å². The highest BCUT2D eigenvalue weighted by molar-refractivity contribution is 9.10. The number of nitrogens with one attached hydrogen (secondary N) is 2. The maximum atomic E-state index is 12.1. The number of nitrogens with zero attached hydrogens (tertiary/aromatic N) is 1. The SMILES string of the molecule is CCOc1cc(C=NNC(=O)CCC(=O)Nc2cccc(Cl)c2)cc(Br)c1OCc1ccccc1. The predicted octanol–water partition coefficient (Wildman–Crippen LogP) is 5.95. The van der Waals surface area contributed by atoms with Gasteiger partial charge in [0.2, 0.25) is 11.8 Å². The molecule has 2 N–H and O–H groups in total. The van der Waals surface area contributed by atoms with Crippen molar-refractivity contribution in [1.82, 2.24) is 5.43 Å². The molecular formula is C26H25BrClN3O4. The van der Waals surface area contributed by atoms with Crippen LogP contribution in [0.25, 0.3) is 0 Å². The second-order valence-electron chi connectivity index (χ2n) is 7.39. The van der Waals surface area contributed by atoms with E-state index in [-0.39, 0.29) is 24.7 Å². The van der Waals surface area contributed by atoms with Crippen LogP contribution < -0.4 is 20.2 Å². The third kappa shape index (κ3) is 8.73. The summed E-state index contributed by atoms with van der Waals surface area (Å²) in [5.74, 6) is 0.475. The zero-order chi connectivity index (χ0) is 25.0. The first kappa shape index (κ1) is 26.2. The highest BCUT2D eigenvalue weighted by Gasteiger charge is 2.12. The highest BCUT2D eigenvalue weighted by atomic mass is 79.9. The van der Waals surface area contributed by atoms with Crippen LogP contribution in [-0.4, -0.2) is 24.6 Å². The Morgan fingerprint density at radius 1 is 1.00 bits per heavy atom. The van der Waals surface area contributed by atoms with Crippen LogP contribution >= 0.6 is 27.5 Å². The Hall–Kier alpha value is -3.36. The van der Waals surface area contributed by atoms with E-state index in [9.17, 15) is 9.59 Å². The Morgan fingerprint density at radius 2 is 1.77 bits per heavy atom. The first-order chi connectivity index (χ1) is 16.9. The molecule has 7 nitrogen and oxygen atoms in total. The van der Waals surface area contributed by atoms with Gasteiger partial charge in [-0.3, -0.25) is 9.59 Å². The van der Waals surface area contributed by atoms with Gasteiger partial charge < -0.3 is 14.8 Å². The van der Waals surface area contributed by atoms with Crippen molar-refractivity contribution in [3.8, 4) is 11.5 Å². The molecule has 0 aliphatic carbocycles. The molecule has 9 heteroatoms. The van der Waals surface area contributed by atoms with Crippen LogP contribution in [0.5, 0.6) is 11.5 Å². The van der Waals surface area contributed by atoms with E-state index in [0.29, 0.717) is 45.5 Å². The first-order valence-corrected chi connectivity index (χ1v) is 12.1. The minimum atomic E-state index is -0.380. The second kappa shape index (κ2) is 13.5. The van der Waals surface area contributed by atoms with Crippen molar-refractivity contribution in [3.63, 3.8) is 0 Å². The fourth-order valence-electron chi connectivity index (χ4n) is 3.05. The lowest BCUT2D eigenvalue weighted by Crippen LogP contribution is -2.20. The smallest absolute Gasteiger partial charge is 0.240 e. The number of halogens is 2. The Bertz CT molecular complexity index is 1190. The maximum Gasteiger partial charge on any atom is 0.240 e. The van der Waals surface area contributed by atoms with Gasteiger partial charge in [0.1, 0.15) is 6.61 Å². The molecule has 0 saturated carbocycles. The lowest BCUT2D eigenvalue weighted by molar-refractivity contribution is -0.124. The molecular weight excluding hydrogens is 534 g/mol. The van der Waals surface area contributed by atoms with E-state index in [4.69, 9.17) is 21.1 Å². The number of hydrazone groups is 1. The summed E-state index contributed by atoms with van der Waals surface area (Å²) >= 11 is 9.43. The molecule has 0 heterocycles. The molecule has 3 rings (SSSR count). The minimum Gasteiger partial charge on any atom is -0.490 e. The van der Waals surface area contributed by atoms with Crippen molar-refractivity contribution in [1.29, 1.82) is 0 Å². The summed E-state index contributed by atoms with van der Waals surface area (Å²) in [5.41, 5.74) is 4.75. The third-order valence-electron chi connectivity index (χ3n) is 4.65. The van der Waals surface area contributed by atoms with Gasteiger partial charge >= 0.3 is 0 Å². The molecule has 2 amide bonds. The van der Waals surface area contributed by atoms with E-state index in [1.165, 1.54) is 6.21 Å². The van der Waals surface area contributed by atoms with E-state index < -0.39 is 0 Å². The molecule has 0 aromatic heterocycles. The van der Waals surface area contributed by atoms with Gasteiger partial charge in [-0.15, -0.1) is 0 Å². The molecule has 0 saturated heterocycles. The average Bonchev–Trinajstić information content (AvgIpc) is 2.83.